The van der Waals surface area contributed by atoms with Crippen LogP contribution < -0.4 is 5.73 Å². The standard InChI is InChI=1S/C14H15BrN2O/c15-12-5-3-10(4-6-12)13(8-16)14(18)11-2-1-7-17-9-11/h1-7,9,13-14,18H,8,16H2. The Hall–Kier alpha value is -1.23. The number of pyridine rings is 1. The zero-order chi connectivity index (χ0) is 13.0. The van der Waals surface area contributed by atoms with Crippen LogP contribution in [0, 0.1) is 0 Å². The molecular formula is C14H15BrN2O. The van der Waals surface area contributed by atoms with Gasteiger partial charge in [0.25, 0.3) is 0 Å². The highest BCUT2D eigenvalue weighted by atomic mass is 79.9. The first-order valence-corrected chi connectivity index (χ1v) is 6.55. The van der Waals surface area contributed by atoms with Gasteiger partial charge in [-0.2, -0.15) is 0 Å². The number of nitrogens with two attached hydrogens (primary N) is 1. The van der Waals surface area contributed by atoms with Crippen molar-refractivity contribution in [3.8, 4) is 0 Å². The predicted octanol–water partition coefficient (Wildman–Crippen LogP) is 2.62. The lowest BCUT2D eigenvalue weighted by Gasteiger charge is -2.22. The van der Waals surface area contributed by atoms with Crippen LogP contribution in [0.1, 0.15) is 23.1 Å². The largest absolute Gasteiger partial charge is 0.388 e. The summed E-state index contributed by atoms with van der Waals surface area (Å²) in [5, 5.41) is 10.4. The third kappa shape index (κ3) is 2.96. The molecule has 0 aliphatic carbocycles. The molecule has 18 heavy (non-hydrogen) atoms. The molecule has 2 rings (SSSR count). The summed E-state index contributed by atoms with van der Waals surface area (Å²) in [6.07, 6.45) is 2.73. The van der Waals surface area contributed by atoms with E-state index in [-0.39, 0.29) is 5.92 Å². The molecule has 2 unspecified atom stereocenters. The van der Waals surface area contributed by atoms with Crippen molar-refractivity contribution in [1.82, 2.24) is 4.98 Å². The van der Waals surface area contributed by atoms with E-state index in [0.29, 0.717) is 6.54 Å². The van der Waals surface area contributed by atoms with Gasteiger partial charge in [0.05, 0.1) is 6.10 Å². The maximum atomic E-state index is 10.4. The monoisotopic (exact) mass is 306 g/mol. The second-order valence-corrected chi connectivity index (χ2v) is 5.04. The summed E-state index contributed by atoms with van der Waals surface area (Å²) in [6.45, 7) is 0.387. The molecule has 0 aliphatic heterocycles. The van der Waals surface area contributed by atoms with Crippen LogP contribution >= 0.6 is 15.9 Å². The van der Waals surface area contributed by atoms with Gasteiger partial charge in [-0.1, -0.05) is 34.1 Å². The van der Waals surface area contributed by atoms with Crippen molar-refractivity contribution in [3.63, 3.8) is 0 Å². The van der Waals surface area contributed by atoms with E-state index in [9.17, 15) is 5.11 Å². The Labute approximate surface area is 115 Å². The van der Waals surface area contributed by atoms with Crippen LogP contribution in [0.15, 0.2) is 53.3 Å². The van der Waals surface area contributed by atoms with Gasteiger partial charge in [0.15, 0.2) is 0 Å². The van der Waals surface area contributed by atoms with Crippen molar-refractivity contribution in [2.45, 2.75) is 12.0 Å². The highest BCUT2D eigenvalue weighted by Crippen LogP contribution is 2.30. The van der Waals surface area contributed by atoms with Crippen molar-refractivity contribution in [2.24, 2.45) is 5.73 Å². The van der Waals surface area contributed by atoms with Crippen LogP contribution in [0.3, 0.4) is 0 Å². The SMILES string of the molecule is NCC(c1ccc(Br)cc1)C(O)c1cccnc1. The van der Waals surface area contributed by atoms with Gasteiger partial charge in [-0.05, 0) is 29.3 Å². The number of hydrogen-bond acceptors (Lipinski definition) is 3. The van der Waals surface area contributed by atoms with Crippen molar-refractivity contribution in [2.75, 3.05) is 6.54 Å². The number of aliphatic hydroxyl groups excluding tert-OH is 1. The Kier molecular flexibility index (Phi) is 4.47. The predicted molar refractivity (Wildman–Crippen MR) is 75.1 cm³/mol. The third-order valence-electron chi connectivity index (χ3n) is 2.96. The summed E-state index contributed by atoms with van der Waals surface area (Å²) >= 11 is 3.39. The fourth-order valence-electron chi connectivity index (χ4n) is 1.94. The first-order valence-electron chi connectivity index (χ1n) is 5.76. The fraction of sp³-hybridized carbons (Fsp3) is 0.214. The summed E-state index contributed by atoms with van der Waals surface area (Å²) < 4.78 is 1.01. The second kappa shape index (κ2) is 6.09. The van der Waals surface area contributed by atoms with Gasteiger partial charge in [0.1, 0.15) is 0 Å². The van der Waals surface area contributed by atoms with E-state index in [0.717, 1.165) is 15.6 Å². The first kappa shape index (κ1) is 13.2. The molecule has 0 saturated heterocycles. The molecule has 2 atom stereocenters. The number of hydrogen-bond donors (Lipinski definition) is 2. The smallest absolute Gasteiger partial charge is 0.0885 e. The molecule has 4 heteroatoms. The molecule has 3 N–H and O–H groups in total. The maximum absolute atomic E-state index is 10.4. The fourth-order valence-corrected chi connectivity index (χ4v) is 2.20. The van der Waals surface area contributed by atoms with Gasteiger partial charge in [0.2, 0.25) is 0 Å². The normalized spacial score (nSPS) is 14.2. The van der Waals surface area contributed by atoms with Gasteiger partial charge < -0.3 is 10.8 Å². The molecule has 0 saturated carbocycles. The number of halogens is 1. The molecule has 3 nitrogen and oxygen atoms in total. The molecule has 1 heterocycles. The molecule has 1 aromatic carbocycles. The average Bonchev–Trinajstić information content (AvgIpc) is 2.42. The van der Waals surface area contributed by atoms with E-state index < -0.39 is 6.10 Å². The number of aromatic nitrogens is 1. The zero-order valence-corrected chi connectivity index (χ0v) is 11.4. The molecule has 0 bridgehead atoms. The van der Waals surface area contributed by atoms with E-state index >= 15 is 0 Å². The lowest BCUT2D eigenvalue weighted by Crippen LogP contribution is -2.20. The van der Waals surface area contributed by atoms with Crippen molar-refractivity contribution >= 4 is 15.9 Å². The third-order valence-corrected chi connectivity index (χ3v) is 3.49. The van der Waals surface area contributed by atoms with Gasteiger partial charge in [-0.3, -0.25) is 4.98 Å². The van der Waals surface area contributed by atoms with Gasteiger partial charge in [-0.15, -0.1) is 0 Å². The van der Waals surface area contributed by atoms with Crippen molar-refractivity contribution < 1.29 is 5.11 Å². The topological polar surface area (TPSA) is 59.1 Å². The lowest BCUT2D eigenvalue weighted by molar-refractivity contribution is 0.147. The highest BCUT2D eigenvalue weighted by molar-refractivity contribution is 9.10. The van der Waals surface area contributed by atoms with Crippen LogP contribution in [-0.4, -0.2) is 16.6 Å². The van der Waals surface area contributed by atoms with E-state index in [1.54, 1.807) is 12.4 Å². The quantitative estimate of drug-likeness (QED) is 0.913. The molecular weight excluding hydrogens is 292 g/mol. The Bertz CT molecular complexity index is 487. The maximum Gasteiger partial charge on any atom is 0.0885 e. The van der Waals surface area contributed by atoms with E-state index in [4.69, 9.17) is 5.73 Å². The van der Waals surface area contributed by atoms with Gasteiger partial charge >= 0.3 is 0 Å². The second-order valence-electron chi connectivity index (χ2n) is 4.12. The number of rotatable bonds is 4. The summed E-state index contributed by atoms with van der Waals surface area (Å²) in [6, 6.07) is 11.5. The number of nitrogens with zero attached hydrogens (tertiary/aromatic N) is 1. The average molecular weight is 307 g/mol. The van der Waals surface area contributed by atoms with Crippen molar-refractivity contribution in [1.29, 1.82) is 0 Å². The molecule has 0 fully saturated rings. The van der Waals surface area contributed by atoms with Crippen LogP contribution in [0.25, 0.3) is 0 Å². The Morgan fingerprint density at radius 1 is 1.17 bits per heavy atom. The van der Waals surface area contributed by atoms with E-state index in [1.807, 2.05) is 36.4 Å². The first-order chi connectivity index (χ1) is 8.72. The molecule has 1 aromatic heterocycles. The zero-order valence-electron chi connectivity index (χ0n) is 9.83. The molecule has 0 radical (unpaired) electrons. The minimum Gasteiger partial charge on any atom is -0.388 e. The highest BCUT2D eigenvalue weighted by Gasteiger charge is 2.21. The molecule has 2 aromatic rings. The Morgan fingerprint density at radius 2 is 1.89 bits per heavy atom. The summed E-state index contributed by atoms with van der Waals surface area (Å²) in [4.78, 5) is 4.02. The number of aliphatic hydroxyl groups is 1. The van der Waals surface area contributed by atoms with Gasteiger partial charge in [-0.25, -0.2) is 0 Å². The van der Waals surface area contributed by atoms with Crippen LogP contribution in [-0.2, 0) is 0 Å². The molecule has 0 aliphatic rings. The number of benzene rings is 1. The van der Waals surface area contributed by atoms with Crippen LogP contribution in [0.4, 0.5) is 0 Å². The minimum atomic E-state index is -0.634. The Balaban J connectivity index is 2.26. The summed E-state index contributed by atoms with van der Waals surface area (Å²) in [5.41, 5.74) is 7.60. The molecule has 0 spiro atoms. The molecule has 94 valence electrons. The summed E-state index contributed by atoms with van der Waals surface area (Å²) in [5.74, 6) is -0.123. The van der Waals surface area contributed by atoms with Crippen LogP contribution in [0.2, 0.25) is 0 Å². The summed E-state index contributed by atoms with van der Waals surface area (Å²) in [7, 11) is 0. The van der Waals surface area contributed by atoms with Crippen LogP contribution in [0.5, 0.6) is 0 Å². The Morgan fingerprint density at radius 3 is 2.44 bits per heavy atom. The molecule has 0 amide bonds. The lowest BCUT2D eigenvalue weighted by atomic mass is 9.90. The minimum absolute atomic E-state index is 0.123. The van der Waals surface area contributed by atoms with Gasteiger partial charge in [0, 0.05) is 29.3 Å². The van der Waals surface area contributed by atoms with Crippen molar-refractivity contribution in [3.05, 3.63) is 64.4 Å². The van der Waals surface area contributed by atoms with E-state index in [1.165, 1.54) is 0 Å². The van der Waals surface area contributed by atoms with E-state index in [2.05, 4.69) is 20.9 Å².